The third kappa shape index (κ3) is 3.64. The molecular weight excluding hydrogens is 274 g/mol. The van der Waals surface area contributed by atoms with Crippen LogP contribution < -0.4 is 10.2 Å². The van der Waals surface area contributed by atoms with Crippen molar-refractivity contribution in [2.45, 2.75) is 38.8 Å². The van der Waals surface area contributed by atoms with E-state index in [0.717, 1.165) is 23.5 Å². The Labute approximate surface area is 123 Å². The number of hydrogen-bond donors (Lipinski definition) is 1. The summed E-state index contributed by atoms with van der Waals surface area (Å²) in [5, 5.41) is 13.9. The average molecular weight is 293 g/mol. The molecule has 1 aliphatic rings. The fourth-order valence-corrected chi connectivity index (χ4v) is 2.91. The molecule has 0 aromatic carbocycles. The number of nitriles is 1. The lowest BCUT2D eigenvalue weighted by atomic mass is 10.2. The van der Waals surface area contributed by atoms with Gasteiger partial charge in [-0.25, -0.2) is 4.79 Å². The van der Waals surface area contributed by atoms with Gasteiger partial charge in [-0.15, -0.1) is 11.3 Å². The maximum absolute atomic E-state index is 11.7. The Morgan fingerprint density at radius 3 is 3.00 bits per heavy atom. The second kappa shape index (κ2) is 5.71. The molecule has 0 aliphatic carbocycles. The van der Waals surface area contributed by atoms with Crippen molar-refractivity contribution in [1.29, 1.82) is 5.26 Å². The lowest BCUT2D eigenvalue weighted by molar-refractivity contribution is 0.0509. The molecule has 108 valence electrons. The minimum atomic E-state index is -0.482. The molecule has 1 aromatic heterocycles. The molecule has 0 unspecified atom stereocenters. The monoisotopic (exact) mass is 293 g/mol. The van der Waals surface area contributed by atoms with Gasteiger partial charge in [0.2, 0.25) is 0 Å². The highest BCUT2D eigenvalue weighted by molar-refractivity contribution is 7.11. The van der Waals surface area contributed by atoms with Crippen molar-refractivity contribution < 1.29 is 9.53 Å². The summed E-state index contributed by atoms with van der Waals surface area (Å²) in [5.41, 5.74) is 0.481. The van der Waals surface area contributed by atoms with Gasteiger partial charge in [-0.3, -0.25) is 0 Å². The predicted octanol–water partition coefficient (Wildman–Crippen LogP) is 2.72. The Morgan fingerprint density at radius 1 is 1.60 bits per heavy atom. The number of hydrogen-bond acceptors (Lipinski definition) is 5. The molecule has 1 aliphatic heterocycles. The Bertz CT molecular complexity index is 527. The molecule has 5 nitrogen and oxygen atoms in total. The molecule has 1 saturated heterocycles. The summed E-state index contributed by atoms with van der Waals surface area (Å²) < 4.78 is 5.25. The third-order valence-electron chi connectivity index (χ3n) is 3.00. The summed E-state index contributed by atoms with van der Waals surface area (Å²) in [5.74, 6) is 0. The van der Waals surface area contributed by atoms with Crippen LogP contribution in [-0.2, 0) is 4.74 Å². The van der Waals surface area contributed by atoms with E-state index in [0.29, 0.717) is 6.54 Å². The van der Waals surface area contributed by atoms with Crippen LogP contribution in [0.3, 0.4) is 0 Å². The number of rotatable bonds is 2. The molecule has 6 heteroatoms. The summed E-state index contributed by atoms with van der Waals surface area (Å²) in [6.07, 6.45) is 0.482. The first-order chi connectivity index (χ1) is 9.39. The molecule has 0 saturated carbocycles. The lowest BCUT2D eigenvalue weighted by Gasteiger charge is -2.22. The Kier molecular flexibility index (Phi) is 4.19. The minimum absolute atomic E-state index is 0.0660. The topological polar surface area (TPSA) is 65.4 Å². The third-order valence-corrected chi connectivity index (χ3v) is 3.80. The summed E-state index contributed by atoms with van der Waals surface area (Å²) in [6.45, 7) is 7.09. The van der Waals surface area contributed by atoms with Crippen molar-refractivity contribution in [3.8, 4) is 6.07 Å². The molecular formula is C14H19N3O2S. The first-order valence-corrected chi connectivity index (χ1v) is 7.49. The van der Waals surface area contributed by atoms with Crippen LogP contribution in [0.4, 0.5) is 10.5 Å². The van der Waals surface area contributed by atoms with Gasteiger partial charge in [-0.2, -0.15) is 5.26 Å². The highest BCUT2D eigenvalue weighted by Gasteiger charge is 2.27. The minimum Gasteiger partial charge on any atom is -0.444 e. The Hall–Kier alpha value is -1.74. The van der Waals surface area contributed by atoms with Gasteiger partial charge in [0.15, 0.2) is 0 Å². The number of ether oxygens (including phenoxy) is 1. The van der Waals surface area contributed by atoms with Crippen LogP contribution in [0.1, 0.15) is 32.1 Å². The quantitative estimate of drug-likeness (QED) is 0.910. The fraction of sp³-hybridized carbons (Fsp3) is 0.571. The van der Waals surface area contributed by atoms with Crippen molar-refractivity contribution in [3.05, 3.63) is 16.3 Å². The average Bonchev–Trinajstić information content (AvgIpc) is 2.93. The molecule has 1 aromatic rings. The van der Waals surface area contributed by atoms with Gasteiger partial charge >= 0.3 is 6.09 Å². The first-order valence-electron chi connectivity index (χ1n) is 6.61. The van der Waals surface area contributed by atoms with Crippen LogP contribution >= 0.6 is 11.3 Å². The molecule has 2 rings (SSSR count). The van der Waals surface area contributed by atoms with E-state index in [2.05, 4.69) is 16.3 Å². The van der Waals surface area contributed by atoms with Gasteiger partial charge in [0.1, 0.15) is 16.5 Å². The normalized spacial score (nSPS) is 18.7. The largest absolute Gasteiger partial charge is 0.444 e. The molecule has 0 spiro atoms. The van der Waals surface area contributed by atoms with Crippen LogP contribution in [0.5, 0.6) is 0 Å². The number of anilines is 1. The predicted molar refractivity (Wildman–Crippen MR) is 79.0 cm³/mol. The summed E-state index contributed by atoms with van der Waals surface area (Å²) >= 11 is 1.44. The second-order valence-corrected chi connectivity index (χ2v) is 6.74. The van der Waals surface area contributed by atoms with Crippen molar-refractivity contribution in [2.24, 2.45) is 0 Å². The summed E-state index contributed by atoms with van der Waals surface area (Å²) in [6, 6.07) is 4.23. The van der Waals surface area contributed by atoms with Crippen molar-refractivity contribution in [3.63, 3.8) is 0 Å². The number of nitrogens with one attached hydrogen (secondary N) is 1. The highest BCUT2D eigenvalue weighted by Crippen LogP contribution is 2.28. The lowest BCUT2D eigenvalue weighted by Crippen LogP contribution is -2.40. The van der Waals surface area contributed by atoms with Crippen LogP contribution in [0, 0.1) is 11.3 Å². The van der Waals surface area contributed by atoms with Crippen LogP contribution in [0.15, 0.2) is 11.4 Å². The van der Waals surface area contributed by atoms with Gasteiger partial charge in [0.05, 0.1) is 11.7 Å². The second-order valence-electron chi connectivity index (χ2n) is 5.82. The van der Waals surface area contributed by atoms with Gasteiger partial charge < -0.3 is 15.0 Å². The maximum Gasteiger partial charge on any atom is 0.407 e. The zero-order valence-electron chi connectivity index (χ0n) is 12.0. The van der Waals surface area contributed by atoms with E-state index in [4.69, 9.17) is 10.00 Å². The molecule has 1 atom stereocenters. The number of nitrogens with zero attached hydrogens (tertiary/aromatic N) is 2. The van der Waals surface area contributed by atoms with Crippen molar-refractivity contribution in [1.82, 2.24) is 5.32 Å². The first kappa shape index (κ1) is 14.7. The highest BCUT2D eigenvalue weighted by atomic mass is 32.1. The van der Waals surface area contributed by atoms with Gasteiger partial charge in [-0.1, -0.05) is 0 Å². The summed E-state index contributed by atoms with van der Waals surface area (Å²) in [7, 11) is 0. The Balaban J connectivity index is 1.90. The molecule has 0 bridgehead atoms. The van der Waals surface area contributed by atoms with Crippen LogP contribution in [0.2, 0.25) is 0 Å². The Morgan fingerprint density at radius 2 is 2.35 bits per heavy atom. The van der Waals surface area contributed by atoms with E-state index in [1.54, 1.807) is 0 Å². The smallest absolute Gasteiger partial charge is 0.407 e. The molecule has 1 fully saturated rings. The number of alkyl carbamates (subject to hydrolysis) is 1. The van der Waals surface area contributed by atoms with E-state index < -0.39 is 5.60 Å². The van der Waals surface area contributed by atoms with E-state index >= 15 is 0 Å². The van der Waals surface area contributed by atoms with Gasteiger partial charge in [0.25, 0.3) is 0 Å². The standard InChI is InChI=1S/C14H19N3O2S/c1-14(2,3)19-13(18)16-10-4-6-17(9-10)11-5-7-20-12(11)8-15/h5,7,10H,4,6,9H2,1-3H3,(H,16,18)/t10-/m0/s1. The zero-order chi connectivity index (χ0) is 14.8. The van der Waals surface area contributed by atoms with E-state index in [9.17, 15) is 4.79 Å². The zero-order valence-corrected chi connectivity index (χ0v) is 12.8. The van der Waals surface area contributed by atoms with Crippen LogP contribution in [0.25, 0.3) is 0 Å². The maximum atomic E-state index is 11.7. The van der Waals surface area contributed by atoms with Crippen molar-refractivity contribution in [2.75, 3.05) is 18.0 Å². The molecule has 2 heterocycles. The van der Waals surface area contributed by atoms with Gasteiger partial charge in [-0.05, 0) is 38.6 Å². The number of thiophene rings is 1. The summed E-state index contributed by atoms with van der Waals surface area (Å²) in [4.78, 5) is 14.6. The van der Waals surface area contributed by atoms with Crippen LogP contribution in [-0.4, -0.2) is 30.8 Å². The van der Waals surface area contributed by atoms with Crippen molar-refractivity contribution >= 4 is 23.1 Å². The van der Waals surface area contributed by atoms with E-state index in [1.807, 2.05) is 32.2 Å². The SMILES string of the molecule is CC(C)(C)OC(=O)N[C@H]1CCN(c2ccsc2C#N)C1. The number of carbonyl (C=O) groups excluding carboxylic acids is 1. The molecule has 20 heavy (non-hydrogen) atoms. The molecule has 1 amide bonds. The van der Waals surface area contributed by atoms with E-state index in [1.165, 1.54) is 11.3 Å². The molecule has 1 N–H and O–H groups in total. The molecule has 0 radical (unpaired) electrons. The number of carbonyl (C=O) groups is 1. The number of amides is 1. The van der Waals surface area contributed by atoms with Gasteiger partial charge in [0, 0.05) is 13.1 Å². The van der Waals surface area contributed by atoms with E-state index in [-0.39, 0.29) is 12.1 Å². The fourth-order valence-electron chi connectivity index (χ4n) is 2.21.